The topological polar surface area (TPSA) is 33.1 Å². The second-order valence-electron chi connectivity index (χ2n) is 5.08. The van der Waals surface area contributed by atoms with Crippen LogP contribution in [0.4, 0.5) is 5.95 Å². The summed E-state index contributed by atoms with van der Waals surface area (Å²) < 4.78 is 2.21. The molecule has 1 atom stereocenters. The lowest BCUT2D eigenvalue weighted by Crippen LogP contribution is -2.31. The molecule has 0 saturated heterocycles. The zero-order valence-corrected chi connectivity index (χ0v) is 13.3. The molecule has 0 amide bonds. The first-order valence-corrected chi connectivity index (χ1v) is 7.84. The average molecular weight is 286 g/mol. The molecule has 0 aliphatic heterocycles. The molecule has 0 fully saturated rings. The van der Waals surface area contributed by atoms with Crippen molar-refractivity contribution in [1.29, 1.82) is 0 Å². The fourth-order valence-electron chi connectivity index (χ4n) is 2.74. The van der Waals surface area contributed by atoms with E-state index in [1.807, 2.05) is 6.20 Å². The van der Waals surface area contributed by atoms with E-state index in [2.05, 4.69) is 77.1 Å². The first-order chi connectivity index (χ1) is 10.3. The molecule has 2 aromatic rings. The van der Waals surface area contributed by atoms with Gasteiger partial charge in [-0.05, 0) is 25.6 Å². The number of anilines is 1. The molecule has 114 valence electrons. The number of likely N-dealkylation sites (N-methyl/N-ethyl adjacent to an activating group) is 1. The maximum absolute atomic E-state index is 4.40. The van der Waals surface area contributed by atoms with Crippen LogP contribution in [0.15, 0.2) is 42.7 Å². The van der Waals surface area contributed by atoms with E-state index in [0.29, 0.717) is 6.04 Å². The molecule has 0 aliphatic carbocycles. The van der Waals surface area contributed by atoms with E-state index in [-0.39, 0.29) is 0 Å². The summed E-state index contributed by atoms with van der Waals surface area (Å²) in [6.45, 7) is 10.4. The monoisotopic (exact) mass is 286 g/mol. The number of hydrogen-bond donors (Lipinski definition) is 1. The van der Waals surface area contributed by atoms with Gasteiger partial charge in [0.05, 0.1) is 6.04 Å². The standard InChI is InChI=1S/C17H26N4/c1-4-18-17-19-12-13-21(17)14-16(20(5-2)6-3)15-10-8-7-9-11-15/h7-13,16H,4-6,14H2,1-3H3,(H,18,19). The summed E-state index contributed by atoms with van der Waals surface area (Å²) in [5, 5.41) is 3.32. The van der Waals surface area contributed by atoms with Crippen LogP contribution in [-0.2, 0) is 6.54 Å². The van der Waals surface area contributed by atoms with Crippen LogP contribution in [0.1, 0.15) is 32.4 Å². The highest BCUT2D eigenvalue weighted by Gasteiger charge is 2.19. The number of hydrogen-bond acceptors (Lipinski definition) is 3. The van der Waals surface area contributed by atoms with Gasteiger partial charge in [-0.15, -0.1) is 0 Å². The predicted molar refractivity (Wildman–Crippen MR) is 88.5 cm³/mol. The van der Waals surface area contributed by atoms with Gasteiger partial charge < -0.3 is 9.88 Å². The molecular weight excluding hydrogens is 260 g/mol. The van der Waals surface area contributed by atoms with E-state index in [4.69, 9.17) is 0 Å². The number of benzene rings is 1. The Morgan fingerprint density at radius 2 is 1.86 bits per heavy atom. The van der Waals surface area contributed by atoms with Crippen molar-refractivity contribution in [2.24, 2.45) is 0 Å². The second kappa shape index (κ2) is 7.84. The summed E-state index contributed by atoms with van der Waals surface area (Å²) in [7, 11) is 0. The van der Waals surface area contributed by atoms with E-state index in [1.54, 1.807) is 0 Å². The Morgan fingerprint density at radius 1 is 1.14 bits per heavy atom. The summed E-state index contributed by atoms with van der Waals surface area (Å²) in [5.74, 6) is 0.950. The van der Waals surface area contributed by atoms with Gasteiger partial charge in [0, 0.05) is 25.5 Å². The van der Waals surface area contributed by atoms with Crippen LogP contribution >= 0.6 is 0 Å². The zero-order chi connectivity index (χ0) is 15.1. The first-order valence-electron chi connectivity index (χ1n) is 7.84. The molecule has 1 heterocycles. The summed E-state index contributed by atoms with van der Waals surface area (Å²) in [4.78, 5) is 6.89. The van der Waals surface area contributed by atoms with E-state index >= 15 is 0 Å². The molecule has 1 aromatic carbocycles. The summed E-state index contributed by atoms with van der Waals surface area (Å²) in [6, 6.07) is 11.1. The van der Waals surface area contributed by atoms with Crippen molar-refractivity contribution in [3.8, 4) is 0 Å². The minimum atomic E-state index is 0.368. The Bertz CT molecular complexity index is 517. The summed E-state index contributed by atoms with van der Waals surface area (Å²) >= 11 is 0. The van der Waals surface area contributed by atoms with Gasteiger partial charge in [0.15, 0.2) is 0 Å². The van der Waals surface area contributed by atoms with Crippen LogP contribution in [0.25, 0.3) is 0 Å². The van der Waals surface area contributed by atoms with Crippen molar-refractivity contribution < 1.29 is 0 Å². The lowest BCUT2D eigenvalue weighted by atomic mass is 10.1. The smallest absolute Gasteiger partial charge is 0.202 e. The van der Waals surface area contributed by atoms with Crippen molar-refractivity contribution in [1.82, 2.24) is 14.5 Å². The number of aromatic nitrogens is 2. The molecule has 0 bridgehead atoms. The van der Waals surface area contributed by atoms with E-state index in [0.717, 1.165) is 32.1 Å². The Morgan fingerprint density at radius 3 is 2.48 bits per heavy atom. The van der Waals surface area contributed by atoms with Gasteiger partial charge in [-0.1, -0.05) is 44.2 Å². The van der Waals surface area contributed by atoms with E-state index < -0.39 is 0 Å². The van der Waals surface area contributed by atoms with Crippen molar-refractivity contribution in [3.05, 3.63) is 48.3 Å². The van der Waals surface area contributed by atoms with Gasteiger partial charge in [-0.25, -0.2) is 4.98 Å². The van der Waals surface area contributed by atoms with Crippen molar-refractivity contribution in [2.75, 3.05) is 25.0 Å². The van der Waals surface area contributed by atoms with Gasteiger partial charge in [0.2, 0.25) is 5.95 Å². The summed E-state index contributed by atoms with van der Waals surface area (Å²) in [5.41, 5.74) is 1.36. The SMILES string of the molecule is CCNc1nccn1CC(c1ccccc1)N(CC)CC. The molecule has 0 aliphatic rings. The Hall–Kier alpha value is -1.81. The highest BCUT2D eigenvalue weighted by molar-refractivity contribution is 5.26. The molecule has 2 rings (SSSR count). The quantitative estimate of drug-likeness (QED) is 0.807. The Kier molecular flexibility index (Phi) is 5.81. The molecule has 1 N–H and O–H groups in total. The molecule has 0 radical (unpaired) electrons. The molecule has 0 saturated carbocycles. The molecule has 0 spiro atoms. The van der Waals surface area contributed by atoms with Crippen LogP contribution in [0.3, 0.4) is 0 Å². The van der Waals surface area contributed by atoms with E-state index in [9.17, 15) is 0 Å². The van der Waals surface area contributed by atoms with Crippen LogP contribution in [0, 0.1) is 0 Å². The highest BCUT2D eigenvalue weighted by Crippen LogP contribution is 2.23. The van der Waals surface area contributed by atoms with Gasteiger partial charge in [-0.2, -0.15) is 0 Å². The van der Waals surface area contributed by atoms with E-state index in [1.165, 1.54) is 5.56 Å². The van der Waals surface area contributed by atoms with Gasteiger partial charge >= 0.3 is 0 Å². The van der Waals surface area contributed by atoms with Crippen LogP contribution in [0.5, 0.6) is 0 Å². The van der Waals surface area contributed by atoms with Gasteiger partial charge in [-0.3, -0.25) is 4.90 Å². The largest absolute Gasteiger partial charge is 0.356 e. The van der Waals surface area contributed by atoms with Crippen molar-refractivity contribution in [3.63, 3.8) is 0 Å². The number of nitrogens with zero attached hydrogens (tertiary/aromatic N) is 3. The Balaban J connectivity index is 2.25. The van der Waals surface area contributed by atoms with Crippen LogP contribution in [-0.4, -0.2) is 34.1 Å². The normalized spacial score (nSPS) is 12.6. The van der Waals surface area contributed by atoms with Crippen LogP contribution < -0.4 is 5.32 Å². The number of imidazole rings is 1. The number of rotatable bonds is 8. The number of nitrogens with one attached hydrogen (secondary N) is 1. The minimum absolute atomic E-state index is 0.368. The van der Waals surface area contributed by atoms with Gasteiger partial charge in [0.1, 0.15) is 0 Å². The predicted octanol–water partition coefficient (Wildman–Crippen LogP) is 3.40. The third-order valence-electron chi connectivity index (χ3n) is 3.86. The summed E-state index contributed by atoms with van der Waals surface area (Å²) in [6.07, 6.45) is 3.92. The molecule has 4 nitrogen and oxygen atoms in total. The van der Waals surface area contributed by atoms with Crippen molar-refractivity contribution >= 4 is 5.95 Å². The molecule has 1 unspecified atom stereocenters. The zero-order valence-electron chi connectivity index (χ0n) is 13.3. The molecule has 4 heteroatoms. The minimum Gasteiger partial charge on any atom is -0.356 e. The lowest BCUT2D eigenvalue weighted by molar-refractivity contribution is 0.198. The average Bonchev–Trinajstić information content (AvgIpc) is 2.96. The van der Waals surface area contributed by atoms with Gasteiger partial charge in [0.25, 0.3) is 0 Å². The van der Waals surface area contributed by atoms with Crippen molar-refractivity contribution in [2.45, 2.75) is 33.4 Å². The second-order valence-corrected chi connectivity index (χ2v) is 5.08. The molecule has 21 heavy (non-hydrogen) atoms. The highest BCUT2D eigenvalue weighted by atomic mass is 15.2. The fourth-order valence-corrected chi connectivity index (χ4v) is 2.74. The maximum Gasteiger partial charge on any atom is 0.202 e. The fraction of sp³-hybridized carbons (Fsp3) is 0.471. The third kappa shape index (κ3) is 3.85. The maximum atomic E-state index is 4.40. The first kappa shape index (κ1) is 15.6. The molecule has 1 aromatic heterocycles. The third-order valence-corrected chi connectivity index (χ3v) is 3.86. The lowest BCUT2D eigenvalue weighted by Gasteiger charge is -2.30. The molecular formula is C17H26N4. The Labute approximate surface area is 127 Å². The van der Waals surface area contributed by atoms with Crippen LogP contribution in [0.2, 0.25) is 0 Å².